The number of aromatic amines is 2. The number of nitrogens with zero attached hydrogens (tertiary/aromatic N) is 1. The van der Waals surface area contributed by atoms with Crippen molar-refractivity contribution in [1.29, 1.82) is 0 Å². The van der Waals surface area contributed by atoms with Gasteiger partial charge in [-0.2, -0.15) is 8.78 Å². The van der Waals surface area contributed by atoms with Gasteiger partial charge in [-0.25, -0.2) is 14.2 Å². The van der Waals surface area contributed by atoms with Crippen molar-refractivity contribution in [2.75, 3.05) is 0 Å². The van der Waals surface area contributed by atoms with Crippen LogP contribution in [0.5, 0.6) is 5.75 Å². The molecule has 4 rings (SSSR count). The molecule has 4 aromatic rings. The Balaban J connectivity index is 2.03. The van der Waals surface area contributed by atoms with Gasteiger partial charge in [0, 0.05) is 10.9 Å². The fraction of sp³-hybridized carbons (Fsp3) is 0.0588. The molecule has 0 atom stereocenters. The number of nitrogens with one attached hydrogen (secondary N) is 2. The highest BCUT2D eigenvalue weighted by Crippen LogP contribution is 2.38. The van der Waals surface area contributed by atoms with E-state index < -0.39 is 18.1 Å². The lowest BCUT2D eigenvalue weighted by Crippen LogP contribution is -2.04. The summed E-state index contributed by atoms with van der Waals surface area (Å²) in [5.41, 5.74) is 1.49. The first kappa shape index (κ1) is 15.3. The number of ether oxygens (including phenoxy) is 1. The molecule has 5 nitrogen and oxygen atoms in total. The minimum Gasteiger partial charge on any atom is -0.433 e. The summed E-state index contributed by atoms with van der Waals surface area (Å²) >= 11 is 0. The summed E-state index contributed by atoms with van der Waals surface area (Å²) in [5.74, 6) is -0.523. The minimum atomic E-state index is -3.05. The van der Waals surface area contributed by atoms with Crippen LogP contribution in [0.3, 0.4) is 0 Å². The number of rotatable bonds is 3. The fourth-order valence-electron chi connectivity index (χ4n) is 2.74. The third kappa shape index (κ3) is 2.71. The predicted molar refractivity (Wildman–Crippen MR) is 86.2 cm³/mol. The Bertz CT molecular complexity index is 1130. The number of hydrogen-bond donors (Lipinski definition) is 2. The van der Waals surface area contributed by atoms with E-state index in [1.54, 1.807) is 12.1 Å². The Morgan fingerprint density at radius 3 is 2.52 bits per heavy atom. The van der Waals surface area contributed by atoms with Gasteiger partial charge in [-0.3, -0.25) is 4.98 Å². The van der Waals surface area contributed by atoms with Crippen LogP contribution in [0.15, 0.2) is 47.3 Å². The first-order chi connectivity index (χ1) is 12.0. The highest BCUT2D eigenvalue weighted by molar-refractivity contribution is 5.98. The van der Waals surface area contributed by atoms with E-state index in [0.717, 1.165) is 0 Å². The van der Waals surface area contributed by atoms with Crippen molar-refractivity contribution in [2.24, 2.45) is 0 Å². The lowest BCUT2D eigenvalue weighted by Gasteiger charge is -2.14. The van der Waals surface area contributed by atoms with Crippen LogP contribution < -0.4 is 10.4 Å². The van der Waals surface area contributed by atoms with Crippen LogP contribution in [0.25, 0.3) is 33.2 Å². The van der Waals surface area contributed by atoms with Gasteiger partial charge in [0.05, 0.1) is 11.0 Å². The second-order valence-electron chi connectivity index (χ2n) is 5.36. The first-order valence-corrected chi connectivity index (χ1v) is 7.28. The Morgan fingerprint density at radius 2 is 1.80 bits per heavy atom. The number of benzene rings is 2. The third-order valence-corrected chi connectivity index (χ3v) is 3.79. The molecule has 0 aliphatic heterocycles. The maximum Gasteiger partial charge on any atom is 0.387 e. The molecule has 0 saturated carbocycles. The normalized spacial score (nSPS) is 11.5. The molecule has 126 valence electrons. The molecule has 0 aliphatic rings. The summed E-state index contributed by atoms with van der Waals surface area (Å²) in [6.45, 7) is -3.05. The Hall–Kier alpha value is -3.29. The molecule has 0 radical (unpaired) electrons. The molecule has 0 unspecified atom stereocenters. The second-order valence-corrected chi connectivity index (χ2v) is 5.36. The molecule has 2 aromatic heterocycles. The highest BCUT2D eigenvalue weighted by Gasteiger charge is 2.17. The number of H-pyrrole nitrogens is 2. The minimum absolute atomic E-state index is 0.0874. The van der Waals surface area contributed by atoms with E-state index in [1.165, 1.54) is 30.3 Å². The van der Waals surface area contributed by atoms with Crippen molar-refractivity contribution in [3.8, 4) is 16.9 Å². The third-order valence-electron chi connectivity index (χ3n) is 3.79. The smallest absolute Gasteiger partial charge is 0.387 e. The maximum absolute atomic E-state index is 13.1. The van der Waals surface area contributed by atoms with E-state index in [2.05, 4.69) is 15.0 Å². The summed E-state index contributed by atoms with van der Waals surface area (Å²) in [6, 6.07) is 10.1. The Kier molecular flexibility index (Phi) is 3.45. The standard InChI is InChI=1S/C17H10F3N3O2/c18-9-3-1-8(2-4-9)10-5-6-12-11(14(10)25-16(19)20)7-13-15(21-12)23-17(24)22-13/h1-7,16H,(H2,21,22,23,24). The van der Waals surface area contributed by atoms with Crippen molar-refractivity contribution in [3.63, 3.8) is 0 Å². The zero-order chi connectivity index (χ0) is 17.6. The molecule has 8 heteroatoms. The molecule has 2 N–H and O–H groups in total. The predicted octanol–water partition coefficient (Wildman–Crippen LogP) is 3.81. The van der Waals surface area contributed by atoms with Crippen LogP contribution in [0.1, 0.15) is 0 Å². The number of halogens is 3. The van der Waals surface area contributed by atoms with Crippen LogP contribution in [0.2, 0.25) is 0 Å². The molecule has 0 aliphatic carbocycles. The van der Waals surface area contributed by atoms with Gasteiger partial charge in [0.15, 0.2) is 5.65 Å². The number of pyridine rings is 1. The molecular formula is C17H10F3N3O2. The van der Waals surface area contributed by atoms with E-state index >= 15 is 0 Å². The van der Waals surface area contributed by atoms with E-state index in [9.17, 15) is 18.0 Å². The van der Waals surface area contributed by atoms with Crippen LogP contribution >= 0.6 is 0 Å². The SMILES string of the molecule is O=c1[nH]c2cc3c(OC(F)F)c(-c4ccc(F)cc4)ccc3nc2[nH]1. The average molecular weight is 345 g/mol. The van der Waals surface area contributed by atoms with Crippen LogP contribution in [0.4, 0.5) is 13.2 Å². The fourth-order valence-corrected chi connectivity index (χ4v) is 2.74. The number of aromatic nitrogens is 3. The second kappa shape index (κ2) is 5.66. The number of alkyl halides is 2. The molecule has 0 saturated heterocycles. The molecule has 2 aromatic carbocycles. The summed E-state index contributed by atoms with van der Waals surface area (Å²) < 4.78 is 43.8. The number of imidazole rings is 1. The van der Waals surface area contributed by atoms with Gasteiger partial charge < -0.3 is 9.72 Å². The van der Waals surface area contributed by atoms with E-state index in [4.69, 9.17) is 4.74 Å². The lowest BCUT2D eigenvalue weighted by atomic mass is 10.0. The zero-order valence-corrected chi connectivity index (χ0v) is 12.5. The Labute approximate surface area is 138 Å². The molecule has 0 fully saturated rings. The molecule has 25 heavy (non-hydrogen) atoms. The largest absolute Gasteiger partial charge is 0.433 e. The highest BCUT2D eigenvalue weighted by atomic mass is 19.3. The van der Waals surface area contributed by atoms with Crippen molar-refractivity contribution < 1.29 is 17.9 Å². The monoisotopic (exact) mass is 345 g/mol. The summed E-state index contributed by atoms with van der Waals surface area (Å²) in [6.07, 6.45) is 0. The molecular weight excluding hydrogens is 335 g/mol. The summed E-state index contributed by atoms with van der Waals surface area (Å²) in [4.78, 5) is 20.7. The van der Waals surface area contributed by atoms with Gasteiger partial charge in [-0.1, -0.05) is 12.1 Å². The van der Waals surface area contributed by atoms with E-state index in [0.29, 0.717) is 33.2 Å². The van der Waals surface area contributed by atoms with Gasteiger partial charge in [0.2, 0.25) is 0 Å². The molecule has 0 spiro atoms. The molecule has 2 heterocycles. The summed E-state index contributed by atoms with van der Waals surface area (Å²) in [5, 5.41) is 0.310. The van der Waals surface area contributed by atoms with Gasteiger partial charge >= 0.3 is 12.3 Å². The van der Waals surface area contributed by atoms with Crippen molar-refractivity contribution in [3.05, 3.63) is 58.8 Å². The summed E-state index contributed by atoms with van der Waals surface area (Å²) in [7, 11) is 0. The van der Waals surface area contributed by atoms with E-state index in [-0.39, 0.29) is 5.75 Å². The first-order valence-electron chi connectivity index (χ1n) is 7.28. The van der Waals surface area contributed by atoms with Crippen LogP contribution in [0, 0.1) is 5.82 Å². The molecule has 0 amide bonds. The van der Waals surface area contributed by atoms with Gasteiger partial charge in [0.25, 0.3) is 0 Å². The van der Waals surface area contributed by atoms with Crippen LogP contribution in [-0.4, -0.2) is 21.6 Å². The Morgan fingerprint density at radius 1 is 1.04 bits per heavy atom. The maximum atomic E-state index is 13.1. The van der Waals surface area contributed by atoms with Crippen molar-refractivity contribution in [2.45, 2.75) is 6.61 Å². The van der Waals surface area contributed by atoms with Crippen molar-refractivity contribution in [1.82, 2.24) is 15.0 Å². The lowest BCUT2D eigenvalue weighted by molar-refractivity contribution is -0.0484. The average Bonchev–Trinajstić information content (AvgIpc) is 2.93. The van der Waals surface area contributed by atoms with Gasteiger partial charge in [-0.15, -0.1) is 0 Å². The molecule has 0 bridgehead atoms. The van der Waals surface area contributed by atoms with Crippen LogP contribution in [-0.2, 0) is 0 Å². The quantitative estimate of drug-likeness (QED) is 0.593. The number of fused-ring (bicyclic) bond motifs is 2. The number of hydrogen-bond acceptors (Lipinski definition) is 3. The van der Waals surface area contributed by atoms with E-state index in [1.807, 2.05) is 0 Å². The van der Waals surface area contributed by atoms with Gasteiger partial charge in [-0.05, 0) is 35.9 Å². The topological polar surface area (TPSA) is 70.8 Å². The zero-order valence-electron chi connectivity index (χ0n) is 12.5. The van der Waals surface area contributed by atoms with Gasteiger partial charge in [0.1, 0.15) is 11.6 Å². The van der Waals surface area contributed by atoms with Crippen molar-refractivity contribution >= 4 is 22.1 Å².